The van der Waals surface area contributed by atoms with Crippen LogP contribution >= 0.6 is 15.9 Å². The van der Waals surface area contributed by atoms with E-state index in [-0.39, 0.29) is 5.78 Å². The monoisotopic (exact) mass is 253 g/mol. The highest BCUT2D eigenvalue weighted by atomic mass is 79.9. The number of carbonyl (C=O) groups is 1. The van der Waals surface area contributed by atoms with Gasteiger partial charge in [0.25, 0.3) is 0 Å². The Kier molecular flexibility index (Phi) is 2.45. The maximum Gasteiger partial charge on any atom is 0.157 e. The van der Waals surface area contributed by atoms with Crippen molar-refractivity contribution in [3.05, 3.63) is 34.3 Å². The minimum Gasteiger partial charge on any atom is -0.319 e. The average molecular weight is 254 g/mol. The fraction of sp³-hybridized carbons (Fsp3) is 0.364. The summed E-state index contributed by atoms with van der Waals surface area (Å²) in [5, 5.41) is 0. The first-order chi connectivity index (χ1) is 6.62. The van der Waals surface area contributed by atoms with Gasteiger partial charge in [0.05, 0.1) is 5.54 Å². The third kappa shape index (κ3) is 1.88. The molecule has 0 heterocycles. The highest BCUT2D eigenvalue weighted by Gasteiger charge is 2.45. The van der Waals surface area contributed by atoms with Crippen molar-refractivity contribution in [3.8, 4) is 0 Å². The van der Waals surface area contributed by atoms with Gasteiger partial charge in [0, 0.05) is 10.9 Å². The van der Waals surface area contributed by atoms with Gasteiger partial charge in [-0.1, -0.05) is 34.1 Å². The van der Waals surface area contributed by atoms with E-state index in [1.807, 2.05) is 24.3 Å². The van der Waals surface area contributed by atoms with E-state index in [0.717, 1.165) is 22.9 Å². The van der Waals surface area contributed by atoms with Crippen LogP contribution in [-0.2, 0) is 11.2 Å². The molecule has 0 atom stereocenters. The van der Waals surface area contributed by atoms with E-state index >= 15 is 0 Å². The normalized spacial score (nSPS) is 17.9. The Morgan fingerprint density at radius 1 is 1.43 bits per heavy atom. The second-order valence-corrected chi connectivity index (χ2v) is 4.70. The number of hydrogen-bond donors (Lipinski definition) is 1. The topological polar surface area (TPSA) is 43.1 Å². The summed E-state index contributed by atoms with van der Waals surface area (Å²) in [6, 6.07) is 7.77. The second-order valence-electron chi connectivity index (χ2n) is 3.85. The highest BCUT2D eigenvalue weighted by Crippen LogP contribution is 2.34. The molecular formula is C11H12BrNO. The van der Waals surface area contributed by atoms with Gasteiger partial charge in [0.1, 0.15) is 0 Å². The smallest absolute Gasteiger partial charge is 0.157 e. The molecule has 0 bridgehead atoms. The maximum atomic E-state index is 11.7. The molecule has 1 aliphatic carbocycles. The van der Waals surface area contributed by atoms with Crippen LogP contribution in [0.25, 0.3) is 0 Å². The van der Waals surface area contributed by atoms with Crippen molar-refractivity contribution in [2.75, 3.05) is 0 Å². The molecule has 0 unspecified atom stereocenters. The molecule has 0 aromatic heterocycles. The standard InChI is InChI=1S/C11H12BrNO/c12-9-4-2-1-3-8(9)7-10(14)11(13)5-6-11/h1-4H,5-7,13H2. The van der Waals surface area contributed by atoms with Crippen molar-refractivity contribution in [3.63, 3.8) is 0 Å². The minimum atomic E-state index is -0.505. The van der Waals surface area contributed by atoms with Gasteiger partial charge in [-0.05, 0) is 24.5 Å². The lowest BCUT2D eigenvalue weighted by molar-refractivity contribution is -0.120. The van der Waals surface area contributed by atoms with E-state index in [1.54, 1.807) is 0 Å². The van der Waals surface area contributed by atoms with Crippen molar-refractivity contribution in [1.82, 2.24) is 0 Å². The van der Waals surface area contributed by atoms with E-state index in [4.69, 9.17) is 5.73 Å². The Labute approximate surface area is 91.6 Å². The van der Waals surface area contributed by atoms with E-state index in [9.17, 15) is 4.79 Å². The van der Waals surface area contributed by atoms with Gasteiger partial charge in [0.15, 0.2) is 5.78 Å². The van der Waals surface area contributed by atoms with Gasteiger partial charge in [-0.3, -0.25) is 4.79 Å². The summed E-state index contributed by atoms with van der Waals surface area (Å²) in [6.45, 7) is 0. The van der Waals surface area contributed by atoms with E-state index in [2.05, 4.69) is 15.9 Å². The fourth-order valence-electron chi connectivity index (χ4n) is 1.40. The zero-order chi connectivity index (χ0) is 10.2. The molecular weight excluding hydrogens is 242 g/mol. The SMILES string of the molecule is NC1(C(=O)Cc2ccccc2Br)CC1. The molecule has 2 nitrogen and oxygen atoms in total. The lowest BCUT2D eigenvalue weighted by Crippen LogP contribution is -2.34. The number of rotatable bonds is 3. The molecule has 14 heavy (non-hydrogen) atoms. The number of halogens is 1. The predicted octanol–water partition coefficient (Wildman–Crippen LogP) is 2.05. The summed E-state index contributed by atoms with van der Waals surface area (Å²) < 4.78 is 0.984. The Bertz CT molecular complexity index is 371. The van der Waals surface area contributed by atoms with Crippen molar-refractivity contribution in [1.29, 1.82) is 0 Å². The van der Waals surface area contributed by atoms with Gasteiger partial charge < -0.3 is 5.73 Å². The van der Waals surface area contributed by atoms with Gasteiger partial charge in [-0.15, -0.1) is 0 Å². The zero-order valence-corrected chi connectivity index (χ0v) is 9.38. The third-order valence-corrected chi connectivity index (χ3v) is 3.43. The largest absolute Gasteiger partial charge is 0.319 e. The summed E-state index contributed by atoms with van der Waals surface area (Å²) in [6.07, 6.45) is 2.13. The Morgan fingerprint density at radius 2 is 2.07 bits per heavy atom. The van der Waals surface area contributed by atoms with Gasteiger partial charge in [0.2, 0.25) is 0 Å². The van der Waals surface area contributed by atoms with Crippen LogP contribution < -0.4 is 5.73 Å². The number of carbonyl (C=O) groups excluding carboxylic acids is 1. The number of benzene rings is 1. The molecule has 0 spiro atoms. The van der Waals surface area contributed by atoms with Crippen LogP contribution in [0.4, 0.5) is 0 Å². The summed E-state index contributed by atoms with van der Waals surface area (Å²) in [5.41, 5.74) is 6.34. The third-order valence-electron chi connectivity index (χ3n) is 2.65. The number of nitrogens with two attached hydrogens (primary N) is 1. The molecule has 1 aliphatic rings. The fourth-order valence-corrected chi connectivity index (χ4v) is 1.83. The van der Waals surface area contributed by atoms with Crippen LogP contribution in [-0.4, -0.2) is 11.3 Å². The summed E-state index contributed by atoms with van der Waals surface area (Å²) in [5.74, 6) is 0.157. The second kappa shape index (κ2) is 3.48. The van der Waals surface area contributed by atoms with Crippen LogP contribution in [0.2, 0.25) is 0 Å². The Balaban J connectivity index is 2.11. The van der Waals surface area contributed by atoms with Gasteiger partial charge in [-0.25, -0.2) is 0 Å². The number of Topliss-reactive ketones (excluding diaryl/α,β-unsaturated/α-hetero) is 1. The molecule has 1 saturated carbocycles. The lowest BCUT2D eigenvalue weighted by Gasteiger charge is -2.08. The quantitative estimate of drug-likeness (QED) is 0.897. The Hall–Kier alpha value is -0.670. The van der Waals surface area contributed by atoms with Crippen molar-refractivity contribution < 1.29 is 4.79 Å². The van der Waals surface area contributed by atoms with Crippen molar-refractivity contribution >= 4 is 21.7 Å². The molecule has 0 aliphatic heterocycles. The average Bonchev–Trinajstić information content (AvgIpc) is 2.89. The molecule has 2 rings (SSSR count). The van der Waals surface area contributed by atoms with Crippen molar-refractivity contribution in [2.45, 2.75) is 24.8 Å². The van der Waals surface area contributed by atoms with Crippen LogP contribution in [0.5, 0.6) is 0 Å². The minimum absolute atomic E-state index is 0.157. The lowest BCUT2D eigenvalue weighted by atomic mass is 10.0. The van der Waals surface area contributed by atoms with E-state index in [0.29, 0.717) is 6.42 Å². The first-order valence-corrected chi connectivity index (χ1v) is 5.47. The molecule has 0 saturated heterocycles. The molecule has 1 aromatic rings. The van der Waals surface area contributed by atoms with Gasteiger partial charge >= 0.3 is 0 Å². The summed E-state index contributed by atoms with van der Waals surface area (Å²) in [4.78, 5) is 11.7. The number of ketones is 1. The molecule has 0 amide bonds. The first kappa shape index (κ1) is 9.87. The highest BCUT2D eigenvalue weighted by molar-refractivity contribution is 9.10. The maximum absolute atomic E-state index is 11.7. The molecule has 2 N–H and O–H groups in total. The molecule has 1 fully saturated rings. The summed E-state index contributed by atoms with van der Waals surface area (Å²) in [7, 11) is 0. The number of hydrogen-bond acceptors (Lipinski definition) is 2. The zero-order valence-electron chi connectivity index (χ0n) is 7.79. The molecule has 0 radical (unpaired) electrons. The molecule has 1 aromatic carbocycles. The molecule has 3 heteroatoms. The van der Waals surface area contributed by atoms with Crippen LogP contribution in [0.15, 0.2) is 28.7 Å². The van der Waals surface area contributed by atoms with E-state index < -0.39 is 5.54 Å². The summed E-state index contributed by atoms with van der Waals surface area (Å²) >= 11 is 3.42. The Morgan fingerprint density at radius 3 is 2.64 bits per heavy atom. The van der Waals surface area contributed by atoms with Crippen molar-refractivity contribution in [2.24, 2.45) is 5.73 Å². The first-order valence-electron chi connectivity index (χ1n) is 4.67. The van der Waals surface area contributed by atoms with E-state index in [1.165, 1.54) is 0 Å². The molecule has 74 valence electrons. The predicted molar refractivity (Wildman–Crippen MR) is 59.0 cm³/mol. The van der Waals surface area contributed by atoms with Gasteiger partial charge in [-0.2, -0.15) is 0 Å². The van der Waals surface area contributed by atoms with Crippen LogP contribution in [0.3, 0.4) is 0 Å². The van der Waals surface area contributed by atoms with Crippen LogP contribution in [0.1, 0.15) is 18.4 Å². The van der Waals surface area contributed by atoms with Crippen LogP contribution in [0, 0.1) is 0 Å².